The molecule has 1 unspecified atom stereocenters. The van der Waals surface area contributed by atoms with Crippen molar-refractivity contribution in [3.8, 4) is 11.1 Å². The van der Waals surface area contributed by atoms with Gasteiger partial charge in [-0.1, -0.05) is 12.1 Å². The predicted octanol–water partition coefficient (Wildman–Crippen LogP) is 5.09. The lowest BCUT2D eigenvalue weighted by molar-refractivity contribution is -0.119. The number of amides is 2. The van der Waals surface area contributed by atoms with Crippen LogP contribution in [0.5, 0.6) is 0 Å². The number of hydrogen-bond acceptors (Lipinski definition) is 7. The van der Waals surface area contributed by atoms with E-state index in [4.69, 9.17) is 9.26 Å². The van der Waals surface area contributed by atoms with Crippen LogP contribution in [-0.2, 0) is 22.7 Å². The molecule has 2 N–H and O–H groups in total. The molecule has 0 aromatic carbocycles. The summed E-state index contributed by atoms with van der Waals surface area (Å²) in [5, 5.41) is 14.2. The normalized spacial score (nSPS) is 16.4. The molecule has 0 radical (unpaired) electrons. The van der Waals surface area contributed by atoms with Crippen LogP contribution in [0.2, 0.25) is 0 Å². The van der Waals surface area contributed by atoms with E-state index in [9.17, 15) is 9.59 Å². The Bertz CT molecular complexity index is 1460. The van der Waals surface area contributed by atoms with Crippen molar-refractivity contribution in [3.05, 3.63) is 47.0 Å². The number of aryl methyl sites for hydroxylation is 2. The summed E-state index contributed by atoms with van der Waals surface area (Å²) in [5.41, 5.74) is 3.26. The lowest BCUT2D eigenvalue weighted by Crippen LogP contribution is -2.50. The lowest BCUT2D eigenvalue weighted by Gasteiger charge is -2.27. The van der Waals surface area contributed by atoms with Gasteiger partial charge in [-0.15, -0.1) is 0 Å². The van der Waals surface area contributed by atoms with E-state index in [1.54, 1.807) is 16.8 Å². The largest absolute Gasteiger partial charge is 0.364 e. The average Bonchev–Trinajstić information content (AvgIpc) is 3.88. The second-order valence-corrected chi connectivity index (χ2v) is 17.2. The standard InChI is InChI=1S/C31H43FN6O4S/c1-7-24-23(16-42-37-24)30(39)35-28(27(20-8-9-20)21-10-11-21)31(40)34-25-13-12-22(29(32)33-25)26-18(2)36-38(19(26)3)17-41-14-15-43(4,5)6/h12-13,16,20-21,27-28H,7-11,14-15,17H2,1-6H3,(H,35,39)(H,33,34,40). The van der Waals surface area contributed by atoms with Crippen LogP contribution < -0.4 is 10.6 Å². The summed E-state index contributed by atoms with van der Waals surface area (Å²) in [6, 6.07) is 2.42. The number of aromatic nitrogens is 4. The minimum Gasteiger partial charge on any atom is -0.364 e. The summed E-state index contributed by atoms with van der Waals surface area (Å²) in [5.74, 6) is 0.352. The Morgan fingerprint density at radius 3 is 2.47 bits per heavy atom. The number of ether oxygens (including phenoxy) is 1. The highest BCUT2D eigenvalue weighted by Crippen LogP contribution is 2.51. The van der Waals surface area contributed by atoms with Crippen molar-refractivity contribution < 1.29 is 23.2 Å². The fraction of sp³-hybridized carbons (Fsp3) is 0.581. The van der Waals surface area contributed by atoms with E-state index in [0.717, 1.165) is 37.1 Å². The average molecular weight is 615 g/mol. The molecular formula is C31H43FN6O4S. The molecule has 1 atom stereocenters. The van der Waals surface area contributed by atoms with Crippen LogP contribution in [0.3, 0.4) is 0 Å². The van der Waals surface area contributed by atoms with Gasteiger partial charge in [-0.2, -0.15) is 9.49 Å². The van der Waals surface area contributed by atoms with Crippen molar-refractivity contribution in [2.45, 2.75) is 65.6 Å². The highest BCUT2D eigenvalue weighted by atomic mass is 32.3. The van der Waals surface area contributed by atoms with Crippen molar-refractivity contribution in [1.82, 2.24) is 25.2 Å². The maximum absolute atomic E-state index is 15.5. The summed E-state index contributed by atoms with van der Waals surface area (Å²) < 4.78 is 28.1. The predicted molar refractivity (Wildman–Crippen MR) is 166 cm³/mol. The van der Waals surface area contributed by atoms with Gasteiger partial charge < -0.3 is 19.9 Å². The van der Waals surface area contributed by atoms with Crippen LogP contribution >= 0.6 is 10.0 Å². The molecule has 0 spiro atoms. The quantitative estimate of drug-likeness (QED) is 0.191. The van der Waals surface area contributed by atoms with E-state index in [2.05, 4.69) is 44.6 Å². The zero-order valence-corrected chi connectivity index (χ0v) is 26.7. The SMILES string of the molecule is CCc1nocc1C(=O)NC(C(=O)Nc1ccc(-c2c(C)nn(COCCS(C)(C)C)c2C)c(F)n1)C(C1CC1)C1CC1. The summed E-state index contributed by atoms with van der Waals surface area (Å²) in [4.78, 5) is 31.0. The van der Waals surface area contributed by atoms with Gasteiger partial charge in [-0.25, -0.2) is 19.7 Å². The van der Waals surface area contributed by atoms with Gasteiger partial charge >= 0.3 is 0 Å². The summed E-state index contributed by atoms with van der Waals surface area (Å²) in [6.45, 7) is 6.52. The van der Waals surface area contributed by atoms with Crippen LogP contribution in [0.15, 0.2) is 22.9 Å². The van der Waals surface area contributed by atoms with Crippen LogP contribution in [-0.4, -0.2) is 68.9 Å². The lowest BCUT2D eigenvalue weighted by atomic mass is 9.88. The van der Waals surface area contributed by atoms with E-state index in [0.29, 0.717) is 52.9 Å². The van der Waals surface area contributed by atoms with Gasteiger partial charge in [-0.3, -0.25) is 9.59 Å². The number of rotatable bonds is 14. The first kappa shape index (κ1) is 31.2. The van der Waals surface area contributed by atoms with E-state index < -0.39 is 33.8 Å². The molecule has 5 rings (SSSR count). The van der Waals surface area contributed by atoms with Crippen LogP contribution in [0.1, 0.15) is 60.0 Å². The maximum Gasteiger partial charge on any atom is 0.257 e. The third kappa shape index (κ3) is 7.46. The molecule has 10 nitrogen and oxygen atoms in total. The minimum atomic E-state index is -0.778. The van der Waals surface area contributed by atoms with E-state index in [-0.39, 0.29) is 18.5 Å². The number of nitrogens with zero attached hydrogens (tertiary/aromatic N) is 4. The zero-order valence-electron chi connectivity index (χ0n) is 25.9. The Balaban J connectivity index is 1.31. The Morgan fingerprint density at radius 2 is 1.86 bits per heavy atom. The van der Waals surface area contributed by atoms with Crippen molar-refractivity contribution in [2.24, 2.45) is 17.8 Å². The topological polar surface area (TPSA) is 124 Å². The molecule has 234 valence electrons. The van der Waals surface area contributed by atoms with Gasteiger partial charge in [0.05, 0.1) is 18.0 Å². The number of carbonyl (C=O) groups is 2. The highest BCUT2D eigenvalue weighted by Gasteiger charge is 2.48. The van der Waals surface area contributed by atoms with Gasteiger partial charge in [-0.05, 0) is 94.6 Å². The Hall–Kier alpha value is -3.25. The Kier molecular flexibility index (Phi) is 9.26. The zero-order chi connectivity index (χ0) is 30.9. The van der Waals surface area contributed by atoms with Gasteiger partial charge in [0.2, 0.25) is 11.9 Å². The van der Waals surface area contributed by atoms with Crippen molar-refractivity contribution >= 4 is 27.7 Å². The van der Waals surface area contributed by atoms with Crippen molar-refractivity contribution in [2.75, 3.05) is 36.4 Å². The van der Waals surface area contributed by atoms with Crippen LogP contribution in [0.25, 0.3) is 11.1 Å². The molecular weight excluding hydrogens is 571 g/mol. The first-order valence-corrected chi connectivity index (χ1v) is 18.0. The van der Waals surface area contributed by atoms with Gasteiger partial charge in [0.15, 0.2) is 0 Å². The summed E-state index contributed by atoms with van der Waals surface area (Å²) >= 11 is 0. The molecule has 12 heteroatoms. The molecule has 0 aliphatic heterocycles. The minimum absolute atomic E-state index is 0.0150. The molecule has 3 heterocycles. The molecule has 0 bridgehead atoms. The van der Waals surface area contributed by atoms with Crippen molar-refractivity contribution in [1.29, 1.82) is 0 Å². The molecule has 3 aromatic rings. The van der Waals surface area contributed by atoms with Crippen LogP contribution in [0.4, 0.5) is 10.2 Å². The van der Waals surface area contributed by atoms with Gasteiger partial charge in [0.1, 0.15) is 30.4 Å². The fourth-order valence-corrected chi connectivity index (χ4v) is 6.33. The second kappa shape index (κ2) is 12.8. The molecule has 2 fully saturated rings. The second-order valence-electron chi connectivity index (χ2n) is 12.6. The highest BCUT2D eigenvalue weighted by molar-refractivity contribution is 8.32. The third-order valence-corrected chi connectivity index (χ3v) is 9.71. The first-order chi connectivity index (χ1) is 20.5. The number of pyridine rings is 1. The summed E-state index contributed by atoms with van der Waals surface area (Å²) in [6.07, 6.45) is 12.7. The monoisotopic (exact) mass is 614 g/mol. The Morgan fingerprint density at radius 1 is 1.16 bits per heavy atom. The summed E-state index contributed by atoms with van der Waals surface area (Å²) in [7, 11) is -0.655. The Labute approximate surface area is 253 Å². The smallest absolute Gasteiger partial charge is 0.257 e. The maximum atomic E-state index is 15.5. The molecule has 43 heavy (non-hydrogen) atoms. The number of halogens is 1. The van der Waals surface area contributed by atoms with Crippen molar-refractivity contribution in [3.63, 3.8) is 0 Å². The van der Waals surface area contributed by atoms with Crippen LogP contribution in [0, 0.1) is 37.5 Å². The molecule has 0 saturated heterocycles. The van der Waals surface area contributed by atoms with E-state index in [1.807, 2.05) is 20.8 Å². The molecule has 2 aliphatic carbocycles. The van der Waals surface area contributed by atoms with Gasteiger partial charge in [0, 0.05) is 22.6 Å². The fourth-order valence-electron chi connectivity index (χ4n) is 5.71. The van der Waals surface area contributed by atoms with Gasteiger partial charge in [0.25, 0.3) is 5.91 Å². The van der Waals surface area contributed by atoms with E-state index in [1.165, 1.54) is 6.26 Å². The molecule has 3 aromatic heterocycles. The third-order valence-electron chi connectivity index (χ3n) is 8.31. The molecule has 2 aliphatic rings. The molecule has 2 amide bonds. The van der Waals surface area contributed by atoms with E-state index >= 15 is 4.39 Å². The first-order valence-electron chi connectivity index (χ1n) is 15.0. The number of carbonyl (C=O) groups excluding carboxylic acids is 2. The number of anilines is 1. The molecule has 2 saturated carbocycles. The number of nitrogens with one attached hydrogen (secondary N) is 2. The number of hydrogen-bond donors (Lipinski definition) is 2.